The van der Waals surface area contributed by atoms with Gasteiger partial charge in [-0.25, -0.2) is 8.42 Å². The van der Waals surface area contributed by atoms with Gasteiger partial charge in [0.15, 0.2) is 0 Å². The third-order valence-electron chi connectivity index (χ3n) is 4.08. The first-order chi connectivity index (χ1) is 11.6. The summed E-state index contributed by atoms with van der Waals surface area (Å²) in [6.07, 6.45) is 0. The van der Waals surface area contributed by atoms with Crippen LogP contribution in [-0.2, 0) is 16.6 Å². The maximum Gasteiger partial charge on any atom is 0.246 e. The van der Waals surface area contributed by atoms with Crippen LogP contribution in [0, 0.1) is 0 Å². The molecule has 130 valence electrons. The predicted octanol–water partition coefficient (Wildman–Crippen LogP) is 2.65. The van der Waals surface area contributed by atoms with Gasteiger partial charge in [-0.2, -0.15) is 15.6 Å². The zero-order valence-corrected chi connectivity index (χ0v) is 15.4. The lowest BCUT2D eigenvalue weighted by molar-refractivity contribution is 0.181. The van der Waals surface area contributed by atoms with Gasteiger partial charge in [0.1, 0.15) is 10.6 Å². The highest BCUT2D eigenvalue weighted by molar-refractivity contribution is 7.89. The van der Waals surface area contributed by atoms with Crippen molar-refractivity contribution in [3.63, 3.8) is 0 Å². The average Bonchev–Trinajstić information content (AvgIpc) is 3.09. The van der Waals surface area contributed by atoms with Gasteiger partial charge in [-0.1, -0.05) is 12.1 Å². The fourth-order valence-electron chi connectivity index (χ4n) is 2.85. The molecule has 0 amide bonds. The Balaban J connectivity index is 1.69. The lowest BCUT2D eigenvalue weighted by atomic mass is 10.3. The van der Waals surface area contributed by atoms with Gasteiger partial charge < -0.3 is 4.74 Å². The maximum atomic E-state index is 12.9. The van der Waals surface area contributed by atoms with E-state index in [1.165, 1.54) is 5.56 Å². The van der Waals surface area contributed by atoms with E-state index >= 15 is 0 Å². The smallest absolute Gasteiger partial charge is 0.246 e. The van der Waals surface area contributed by atoms with Crippen molar-refractivity contribution < 1.29 is 13.2 Å². The molecule has 1 saturated heterocycles. The summed E-state index contributed by atoms with van der Waals surface area (Å²) in [6, 6.07) is 8.98. The highest BCUT2D eigenvalue weighted by atomic mass is 32.2. The summed E-state index contributed by atoms with van der Waals surface area (Å²) in [6.45, 7) is 5.68. The van der Waals surface area contributed by atoms with E-state index in [9.17, 15) is 8.42 Å². The number of para-hydroxylation sites is 1. The van der Waals surface area contributed by atoms with Crippen LogP contribution < -0.4 is 4.74 Å². The molecule has 1 aliphatic rings. The molecule has 5 nitrogen and oxygen atoms in total. The number of rotatable bonds is 6. The lowest BCUT2D eigenvalue weighted by Gasteiger charge is -2.34. The molecule has 0 atom stereocenters. The number of hydrogen-bond donors (Lipinski definition) is 0. The van der Waals surface area contributed by atoms with Gasteiger partial charge in [0.25, 0.3) is 0 Å². The van der Waals surface area contributed by atoms with Crippen LogP contribution in [0.25, 0.3) is 0 Å². The summed E-state index contributed by atoms with van der Waals surface area (Å²) >= 11 is 1.69. The summed E-state index contributed by atoms with van der Waals surface area (Å²) in [4.78, 5) is 2.56. The van der Waals surface area contributed by atoms with Crippen LogP contribution in [0.2, 0.25) is 0 Å². The van der Waals surface area contributed by atoms with Crippen molar-refractivity contribution in [1.82, 2.24) is 9.21 Å². The Morgan fingerprint density at radius 3 is 2.54 bits per heavy atom. The molecule has 2 heterocycles. The lowest BCUT2D eigenvalue weighted by Crippen LogP contribution is -2.48. The molecule has 1 aliphatic heterocycles. The average molecular weight is 367 g/mol. The second-order valence-corrected chi connectivity index (χ2v) is 8.38. The van der Waals surface area contributed by atoms with E-state index in [2.05, 4.69) is 21.7 Å². The van der Waals surface area contributed by atoms with Gasteiger partial charge >= 0.3 is 0 Å². The SMILES string of the molecule is CCOc1ccccc1S(=O)(=O)N1CCN(Cc2ccsc2)CC1. The van der Waals surface area contributed by atoms with Crippen LogP contribution in [0.15, 0.2) is 46.0 Å². The first-order valence-electron chi connectivity index (χ1n) is 8.06. The second-order valence-electron chi connectivity index (χ2n) is 5.69. The van der Waals surface area contributed by atoms with Gasteiger partial charge in [-0.05, 0) is 41.4 Å². The standard InChI is InChI=1S/C17H22N2O3S2/c1-2-22-16-5-3-4-6-17(16)24(20,21)19-10-8-18(9-11-19)13-15-7-12-23-14-15/h3-7,12,14H,2,8-11,13H2,1H3. The fourth-order valence-corrected chi connectivity index (χ4v) is 5.06. The van der Waals surface area contributed by atoms with Gasteiger partial charge in [0.05, 0.1) is 6.61 Å². The van der Waals surface area contributed by atoms with E-state index in [0.29, 0.717) is 25.4 Å². The molecular formula is C17H22N2O3S2. The van der Waals surface area contributed by atoms with Gasteiger partial charge in [0, 0.05) is 32.7 Å². The molecule has 24 heavy (non-hydrogen) atoms. The Morgan fingerprint density at radius 1 is 1.12 bits per heavy atom. The van der Waals surface area contributed by atoms with E-state index in [0.717, 1.165) is 19.6 Å². The summed E-state index contributed by atoms with van der Waals surface area (Å²) < 4.78 is 32.9. The topological polar surface area (TPSA) is 49.9 Å². The summed E-state index contributed by atoms with van der Waals surface area (Å²) in [5.74, 6) is 0.431. The highest BCUT2D eigenvalue weighted by Gasteiger charge is 2.30. The molecule has 0 saturated carbocycles. The first-order valence-corrected chi connectivity index (χ1v) is 10.4. The summed E-state index contributed by atoms with van der Waals surface area (Å²) in [7, 11) is -3.52. The molecule has 0 aliphatic carbocycles. The number of thiophene rings is 1. The molecule has 2 aromatic rings. The van der Waals surface area contributed by atoms with Gasteiger partial charge in [-0.3, -0.25) is 4.90 Å². The van der Waals surface area contributed by atoms with E-state index in [-0.39, 0.29) is 4.90 Å². The number of nitrogens with zero attached hydrogens (tertiary/aromatic N) is 2. The van der Waals surface area contributed by atoms with Crippen molar-refractivity contribution in [1.29, 1.82) is 0 Å². The van der Waals surface area contributed by atoms with Crippen LogP contribution in [0.1, 0.15) is 12.5 Å². The Hall–Kier alpha value is -1.41. The monoisotopic (exact) mass is 366 g/mol. The molecule has 1 aromatic carbocycles. The minimum atomic E-state index is -3.52. The number of benzene rings is 1. The maximum absolute atomic E-state index is 12.9. The third kappa shape index (κ3) is 3.80. The van der Waals surface area contributed by atoms with E-state index < -0.39 is 10.0 Å². The minimum Gasteiger partial charge on any atom is -0.492 e. The van der Waals surface area contributed by atoms with Crippen LogP contribution in [-0.4, -0.2) is 50.4 Å². The molecule has 7 heteroatoms. The molecule has 3 rings (SSSR count). The molecule has 0 N–H and O–H groups in total. The Labute approximate surface area is 147 Å². The van der Waals surface area contributed by atoms with Crippen molar-refractivity contribution in [3.05, 3.63) is 46.7 Å². The number of ether oxygens (including phenoxy) is 1. The molecule has 0 radical (unpaired) electrons. The van der Waals surface area contributed by atoms with E-state index in [4.69, 9.17) is 4.74 Å². The quantitative estimate of drug-likeness (QED) is 0.789. The van der Waals surface area contributed by atoms with Gasteiger partial charge in [0.2, 0.25) is 10.0 Å². The molecular weight excluding hydrogens is 344 g/mol. The third-order valence-corrected chi connectivity index (χ3v) is 6.75. The summed E-state index contributed by atoms with van der Waals surface area (Å²) in [5, 5.41) is 4.21. The highest BCUT2D eigenvalue weighted by Crippen LogP contribution is 2.27. The fraction of sp³-hybridized carbons (Fsp3) is 0.412. The number of hydrogen-bond acceptors (Lipinski definition) is 5. The molecule has 0 bridgehead atoms. The van der Waals surface area contributed by atoms with Crippen LogP contribution in [0.3, 0.4) is 0 Å². The van der Waals surface area contributed by atoms with Crippen molar-refractivity contribution in [3.8, 4) is 5.75 Å². The zero-order chi connectivity index (χ0) is 17.0. The first kappa shape index (κ1) is 17.4. The van der Waals surface area contributed by atoms with Crippen molar-refractivity contribution >= 4 is 21.4 Å². The minimum absolute atomic E-state index is 0.262. The molecule has 1 fully saturated rings. The molecule has 0 spiro atoms. The van der Waals surface area contributed by atoms with E-state index in [1.807, 2.05) is 6.92 Å². The van der Waals surface area contributed by atoms with Crippen LogP contribution in [0.5, 0.6) is 5.75 Å². The Kier molecular flexibility index (Phi) is 5.55. The van der Waals surface area contributed by atoms with Crippen LogP contribution >= 0.6 is 11.3 Å². The largest absolute Gasteiger partial charge is 0.492 e. The molecule has 0 unspecified atom stereocenters. The zero-order valence-electron chi connectivity index (χ0n) is 13.7. The Morgan fingerprint density at radius 2 is 1.88 bits per heavy atom. The van der Waals surface area contributed by atoms with Crippen molar-refractivity contribution in [2.45, 2.75) is 18.4 Å². The predicted molar refractivity (Wildman–Crippen MR) is 96.0 cm³/mol. The van der Waals surface area contributed by atoms with Crippen molar-refractivity contribution in [2.75, 3.05) is 32.8 Å². The normalized spacial score (nSPS) is 17.0. The van der Waals surface area contributed by atoms with Crippen LogP contribution in [0.4, 0.5) is 0 Å². The van der Waals surface area contributed by atoms with Gasteiger partial charge in [-0.15, -0.1) is 0 Å². The number of piperazine rings is 1. The molecule has 1 aromatic heterocycles. The summed E-state index contributed by atoms with van der Waals surface area (Å²) in [5.41, 5.74) is 1.29. The van der Waals surface area contributed by atoms with Crippen molar-refractivity contribution in [2.24, 2.45) is 0 Å². The number of sulfonamides is 1. The second kappa shape index (κ2) is 7.65. The van der Waals surface area contributed by atoms with E-state index in [1.54, 1.807) is 39.9 Å². The Bertz CT molecular complexity index is 752.